The molecule has 0 aromatic heterocycles. The van der Waals surface area contributed by atoms with Crippen LogP contribution in [0.4, 0.5) is 0 Å². The Hall–Kier alpha value is -0.980. The van der Waals surface area contributed by atoms with E-state index in [1.54, 1.807) is 6.92 Å². The minimum atomic E-state index is -1.66. The molecule has 0 saturated carbocycles. The van der Waals surface area contributed by atoms with Gasteiger partial charge in [0, 0.05) is 17.8 Å². The van der Waals surface area contributed by atoms with Gasteiger partial charge in [-0.2, -0.15) is 0 Å². The van der Waals surface area contributed by atoms with Gasteiger partial charge in [-0.15, -0.1) is 0 Å². The number of ketones is 1. The van der Waals surface area contributed by atoms with Crippen LogP contribution in [0.2, 0.25) is 0 Å². The molecule has 5 atom stereocenters. The van der Waals surface area contributed by atoms with Gasteiger partial charge in [0.1, 0.15) is 24.1 Å². The molecule has 0 amide bonds. The highest BCUT2D eigenvalue weighted by Gasteiger charge is 2.70. The lowest BCUT2D eigenvalue weighted by molar-refractivity contribution is -0.155. The van der Waals surface area contributed by atoms with Crippen molar-refractivity contribution in [3.63, 3.8) is 0 Å². The molecule has 0 radical (unpaired) electrons. The van der Waals surface area contributed by atoms with Crippen molar-refractivity contribution < 1.29 is 29.3 Å². The van der Waals surface area contributed by atoms with Gasteiger partial charge < -0.3 is 19.7 Å². The van der Waals surface area contributed by atoms with Gasteiger partial charge in [0.25, 0.3) is 0 Å². The molecule has 2 fully saturated rings. The molecule has 2 rings (SSSR count). The molecule has 2 heterocycles. The van der Waals surface area contributed by atoms with Crippen molar-refractivity contribution in [2.24, 2.45) is 17.3 Å². The standard InChI is InChI=1S/C23H40O6/c1-6-7-10-17-14-16(2)9-8-12-22(5)23(27,29-22)18(24)15-28-19(25)11-13-21(3,4)20(17)26/h16-18,24,27H,6-15H2,1-5H3. The van der Waals surface area contributed by atoms with Crippen molar-refractivity contribution in [1.29, 1.82) is 0 Å². The van der Waals surface area contributed by atoms with Gasteiger partial charge in [-0.1, -0.05) is 53.4 Å². The number of aliphatic hydroxyl groups is 2. The monoisotopic (exact) mass is 412 g/mol. The summed E-state index contributed by atoms with van der Waals surface area (Å²) in [6.45, 7) is 9.61. The second-order valence-corrected chi connectivity index (χ2v) is 10.0. The Morgan fingerprint density at radius 2 is 1.86 bits per heavy atom. The van der Waals surface area contributed by atoms with Crippen LogP contribution in [0.1, 0.15) is 92.4 Å². The van der Waals surface area contributed by atoms with Gasteiger partial charge in [0.2, 0.25) is 5.79 Å². The number of cyclic esters (lactones) is 1. The molecule has 2 aliphatic rings. The van der Waals surface area contributed by atoms with Gasteiger partial charge in [-0.3, -0.25) is 9.59 Å². The molecular weight excluding hydrogens is 372 g/mol. The number of aliphatic hydroxyl groups excluding tert-OH is 1. The van der Waals surface area contributed by atoms with Crippen molar-refractivity contribution >= 4 is 11.8 Å². The maximum absolute atomic E-state index is 13.3. The van der Waals surface area contributed by atoms with E-state index in [0.717, 1.165) is 38.5 Å². The fourth-order valence-electron chi connectivity index (χ4n) is 4.61. The Bertz CT molecular complexity index is 588. The number of epoxide rings is 1. The van der Waals surface area contributed by atoms with E-state index in [4.69, 9.17) is 9.47 Å². The highest BCUT2D eigenvalue weighted by Crippen LogP contribution is 2.51. The van der Waals surface area contributed by atoms with Crippen LogP contribution in [-0.4, -0.2) is 46.1 Å². The lowest BCUT2D eigenvalue weighted by atomic mass is 9.73. The molecule has 0 spiro atoms. The highest BCUT2D eigenvalue weighted by molar-refractivity contribution is 5.86. The fraction of sp³-hybridized carbons (Fsp3) is 0.913. The second kappa shape index (κ2) is 9.44. The first-order valence-electron chi connectivity index (χ1n) is 11.3. The van der Waals surface area contributed by atoms with Gasteiger partial charge in [0.15, 0.2) is 0 Å². The zero-order valence-electron chi connectivity index (χ0n) is 18.8. The molecule has 0 aliphatic carbocycles. The van der Waals surface area contributed by atoms with E-state index in [0.29, 0.717) is 18.8 Å². The fourth-order valence-corrected chi connectivity index (χ4v) is 4.61. The minimum absolute atomic E-state index is 0.00962. The third-order valence-corrected chi connectivity index (χ3v) is 6.89. The van der Waals surface area contributed by atoms with Crippen LogP contribution >= 0.6 is 0 Å². The maximum atomic E-state index is 13.3. The molecule has 168 valence electrons. The molecule has 29 heavy (non-hydrogen) atoms. The molecule has 2 N–H and O–H groups in total. The lowest BCUT2D eigenvalue weighted by Gasteiger charge is -2.30. The van der Waals surface area contributed by atoms with Crippen LogP contribution in [0.15, 0.2) is 0 Å². The largest absolute Gasteiger partial charge is 0.463 e. The molecule has 6 nitrogen and oxygen atoms in total. The molecule has 5 unspecified atom stereocenters. The average molecular weight is 413 g/mol. The topological polar surface area (TPSA) is 96.4 Å². The van der Waals surface area contributed by atoms with Gasteiger partial charge >= 0.3 is 5.97 Å². The summed E-state index contributed by atoms with van der Waals surface area (Å²) in [5, 5.41) is 20.9. The summed E-state index contributed by atoms with van der Waals surface area (Å²) in [5.74, 6) is -1.50. The normalized spacial score (nSPS) is 39.5. The highest BCUT2D eigenvalue weighted by atomic mass is 16.8. The van der Waals surface area contributed by atoms with Crippen molar-refractivity contribution in [2.75, 3.05) is 6.61 Å². The van der Waals surface area contributed by atoms with E-state index in [9.17, 15) is 19.8 Å². The Labute approximate surface area is 175 Å². The van der Waals surface area contributed by atoms with Crippen LogP contribution < -0.4 is 0 Å². The Morgan fingerprint density at radius 1 is 1.17 bits per heavy atom. The number of fused-ring (bicyclic) bond motifs is 1. The molecule has 2 saturated heterocycles. The number of hydrogen-bond donors (Lipinski definition) is 2. The van der Waals surface area contributed by atoms with Crippen molar-refractivity contribution in [1.82, 2.24) is 0 Å². The first-order chi connectivity index (χ1) is 13.4. The smallest absolute Gasteiger partial charge is 0.305 e. The zero-order chi connectivity index (χ0) is 21.9. The average Bonchev–Trinajstić information content (AvgIpc) is 3.22. The number of hydrogen-bond acceptors (Lipinski definition) is 6. The molecule has 6 heteroatoms. The lowest BCUT2D eigenvalue weighted by Crippen LogP contribution is -2.40. The van der Waals surface area contributed by atoms with Gasteiger partial charge in [0.05, 0.1) is 0 Å². The minimum Gasteiger partial charge on any atom is -0.463 e. The molecule has 0 aromatic rings. The van der Waals surface area contributed by atoms with Crippen molar-refractivity contribution in [3.05, 3.63) is 0 Å². The summed E-state index contributed by atoms with van der Waals surface area (Å²) in [5.41, 5.74) is -1.42. The van der Waals surface area contributed by atoms with Crippen molar-refractivity contribution in [2.45, 2.75) is 110 Å². The molecule has 0 bridgehead atoms. The van der Waals surface area contributed by atoms with Crippen LogP contribution in [0.5, 0.6) is 0 Å². The summed E-state index contributed by atoms with van der Waals surface area (Å²) in [7, 11) is 0. The molecular formula is C23H40O6. The van der Waals surface area contributed by atoms with E-state index in [-0.39, 0.29) is 24.7 Å². The number of Topliss-reactive ketones (excluding diaryl/α,β-unsaturated/α-hetero) is 1. The predicted octanol–water partition coefficient (Wildman–Crippen LogP) is 3.76. The Balaban J connectivity index is 2.14. The second-order valence-electron chi connectivity index (χ2n) is 10.0. The number of esters is 1. The van der Waals surface area contributed by atoms with Gasteiger partial charge in [-0.25, -0.2) is 0 Å². The first-order valence-corrected chi connectivity index (χ1v) is 11.3. The zero-order valence-corrected chi connectivity index (χ0v) is 18.8. The Kier molecular flexibility index (Phi) is 7.91. The van der Waals surface area contributed by atoms with E-state index in [1.165, 1.54) is 0 Å². The van der Waals surface area contributed by atoms with Crippen LogP contribution in [0.3, 0.4) is 0 Å². The van der Waals surface area contributed by atoms with E-state index in [1.807, 2.05) is 13.8 Å². The number of ether oxygens (including phenoxy) is 2. The third-order valence-electron chi connectivity index (χ3n) is 6.89. The third kappa shape index (κ3) is 5.80. The summed E-state index contributed by atoms with van der Waals surface area (Å²) in [4.78, 5) is 25.4. The maximum Gasteiger partial charge on any atom is 0.305 e. The summed E-state index contributed by atoms with van der Waals surface area (Å²) in [6.07, 6.45) is 5.44. The molecule has 2 aliphatic heterocycles. The van der Waals surface area contributed by atoms with E-state index in [2.05, 4.69) is 13.8 Å². The van der Waals surface area contributed by atoms with Crippen molar-refractivity contribution in [3.8, 4) is 0 Å². The quantitative estimate of drug-likeness (QED) is 0.541. The van der Waals surface area contributed by atoms with Crippen LogP contribution in [0.25, 0.3) is 0 Å². The van der Waals surface area contributed by atoms with E-state index >= 15 is 0 Å². The summed E-state index contributed by atoms with van der Waals surface area (Å²) < 4.78 is 10.6. The van der Waals surface area contributed by atoms with E-state index < -0.39 is 28.9 Å². The number of unbranched alkanes of at least 4 members (excludes halogenated alkanes) is 1. The van der Waals surface area contributed by atoms with Crippen LogP contribution in [0, 0.1) is 17.3 Å². The number of carbonyl (C=O) groups excluding carboxylic acids is 2. The SMILES string of the molecule is CCCCC1CC(C)CCCC2(C)OC2(O)C(O)COC(=O)CCC(C)(C)C1=O. The predicted molar refractivity (Wildman–Crippen MR) is 110 cm³/mol. The summed E-state index contributed by atoms with van der Waals surface area (Å²) >= 11 is 0. The van der Waals surface area contributed by atoms with Crippen LogP contribution in [-0.2, 0) is 19.1 Å². The molecule has 0 aromatic carbocycles. The first kappa shape index (κ1) is 24.3. The summed E-state index contributed by atoms with van der Waals surface area (Å²) in [6, 6.07) is 0. The number of carbonyl (C=O) groups is 2. The Morgan fingerprint density at radius 3 is 2.52 bits per heavy atom. The number of rotatable bonds is 3. The van der Waals surface area contributed by atoms with Gasteiger partial charge in [-0.05, 0) is 38.5 Å².